The van der Waals surface area contributed by atoms with Gasteiger partial charge in [-0.05, 0) is 37.5 Å². The van der Waals surface area contributed by atoms with Gasteiger partial charge in [0, 0.05) is 18.7 Å². The van der Waals surface area contributed by atoms with Crippen LogP contribution in [0.5, 0.6) is 5.75 Å². The second-order valence-electron chi connectivity index (χ2n) is 6.15. The van der Waals surface area contributed by atoms with Crippen LogP contribution in [0.15, 0.2) is 42.5 Å². The molecule has 0 aromatic heterocycles. The second-order valence-corrected chi connectivity index (χ2v) is 6.15. The lowest BCUT2D eigenvalue weighted by atomic mass is 10.1. The summed E-state index contributed by atoms with van der Waals surface area (Å²) in [5, 5.41) is 13.7. The van der Waals surface area contributed by atoms with Crippen LogP contribution in [-0.2, 0) is 4.74 Å². The van der Waals surface area contributed by atoms with Gasteiger partial charge in [0.15, 0.2) is 0 Å². The summed E-state index contributed by atoms with van der Waals surface area (Å²) in [5.74, 6) is 0.0834. The number of benzene rings is 2. The van der Waals surface area contributed by atoms with E-state index in [9.17, 15) is 14.9 Å². The van der Waals surface area contributed by atoms with Crippen LogP contribution < -0.4 is 10.1 Å². The van der Waals surface area contributed by atoms with Gasteiger partial charge < -0.3 is 14.8 Å². The van der Waals surface area contributed by atoms with Gasteiger partial charge in [-0.3, -0.25) is 14.9 Å². The van der Waals surface area contributed by atoms with Crippen LogP contribution in [-0.4, -0.2) is 30.1 Å². The monoisotopic (exact) mass is 356 g/mol. The molecule has 1 aliphatic rings. The average Bonchev–Trinajstić information content (AvgIpc) is 3.15. The van der Waals surface area contributed by atoms with E-state index in [0.29, 0.717) is 23.6 Å². The van der Waals surface area contributed by atoms with Crippen LogP contribution in [0.1, 0.15) is 28.8 Å². The third-order valence-electron chi connectivity index (χ3n) is 4.26. The van der Waals surface area contributed by atoms with Crippen LogP contribution in [0.2, 0.25) is 0 Å². The van der Waals surface area contributed by atoms with Gasteiger partial charge in [0.25, 0.3) is 11.6 Å². The molecule has 0 bridgehead atoms. The number of rotatable bonds is 6. The maximum atomic E-state index is 12.7. The molecule has 1 aliphatic heterocycles. The zero-order chi connectivity index (χ0) is 18.5. The molecule has 0 saturated carbocycles. The van der Waals surface area contributed by atoms with Crippen molar-refractivity contribution in [2.24, 2.45) is 0 Å². The van der Waals surface area contributed by atoms with E-state index in [1.807, 2.05) is 0 Å². The summed E-state index contributed by atoms with van der Waals surface area (Å²) in [6, 6.07) is 11.3. The van der Waals surface area contributed by atoms with Gasteiger partial charge in [0.05, 0.1) is 22.3 Å². The number of hydrogen-bond donors (Lipinski definition) is 1. The van der Waals surface area contributed by atoms with Crippen molar-refractivity contribution < 1.29 is 19.2 Å². The molecule has 26 heavy (non-hydrogen) atoms. The lowest BCUT2D eigenvalue weighted by Gasteiger charge is -2.15. The SMILES string of the molecule is Cc1ccc([N+](=O)[O-])cc1NC(=O)c1ccccc1OCC1CCCO1. The number of para-hydroxylation sites is 1. The number of carbonyl (C=O) groups excluding carboxylic acids is 1. The highest BCUT2D eigenvalue weighted by atomic mass is 16.6. The Hall–Kier alpha value is -2.93. The van der Waals surface area contributed by atoms with Crippen molar-refractivity contribution in [3.63, 3.8) is 0 Å². The molecule has 136 valence electrons. The minimum absolute atomic E-state index is 0.0464. The Morgan fingerprint density at radius 2 is 2.15 bits per heavy atom. The van der Waals surface area contributed by atoms with Crippen molar-refractivity contribution in [2.45, 2.75) is 25.9 Å². The van der Waals surface area contributed by atoms with E-state index in [0.717, 1.165) is 25.0 Å². The van der Waals surface area contributed by atoms with E-state index in [1.54, 1.807) is 37.3 Å². The van der Waals surface area contributed by atoms with E-state index in [4.69, 9.17) is 9.47 Å². The van der Waals surface area contributed by atoms with Crippen LogP contribution in [0.3, 0.4) is 0 Å². The molecule has 3 rings (SSSR count). The number of nitrogens with zero attached hydrogens (tertiary/aromatic N) is 1. The Labute approximate surface area is 151 Å². The largest absolute Gasteiger partial charge is 0.490 e. The lowest BCUT2D eigenvalue weighted by molar-refractivity contribution is -0.384. The predicted molar refractivity (Wildman–Crippen MR) is 96.7 cm³/mol. The molecule has 1 heterocycles. The Balaban J connectivity index is 1.75. The number of hydrogen-bond acceptors (Lipinski definition) is 5. The van der Waals surface area contributed by atoms with E-state index >= 15 is 0 Å². The molecule has 1 unspecified atom stereocenters. The zero-order valence-electron chi connectivity index (χ0n) is 14.4. The fourth-order valence-electron chi connectivity index (χ4n) is 2.79. The number of nitrogens with one attached hydrogen (secondary N) is 1. The maximum absolute atomic E-state index is 12.7. The fourth-order valence-corrected chi connectivity index (χ4v) is 2.79. The van der Waals surface area contributed by atoms with Gasteiger partial charge in [-0.25, -0.2) is 0 Å². The standard InChI is InChI=1S/C19H20N2O5/c1-13-8-9-14(21(23)24)11-17(13)20-19(22)16-6-2-3-7-18(16)26-12-15-5-4-10-25-15/h2-3,6-9,11,15H,4-5,10,12H2,1H3,(H,20,22). The van der Waals surface area contributed by atoms with Crippen LogP contribution in [0, 0.1) is 17.0 Å². The maximum Gasteiger partial charge on any atom is 0.271 e. The number of non-ortho nitro benzene ring substituents is 1. The van der Waals surface area contributed by atoms with Crippen LogP contribution in [0.4, 0.5) is 11.4 Å². The Morgan fingerprint density at radius 1 is 1.35 bits per heavy atom. The van der Waals surface area contributed by atoms with Crippen molar-refractivity contribution >= 4 is 17.3 Å². The first-order valence-corrected chi connectivity index (χ1v) is 8.44. The van der Waals surface area contributed by atoms with Crippen molar-refractivity contribution in [3.8, 4) is 5.75 Å². The summed E-state index contributed by atoms with van der Waals surface area (Å²) in [6.07, 6.45) is 2.01. The molecule has 0 aliphatic carbocycles. The van der Waals surface area contributed by atoms with Gasteiger partial charge in [-0.15, -0.1) is 0 Å². The molecule has 1 atom stereocenters. The highest BCUT2D eigenvalue weighted by Gasteiger charge is 2.19. The summed E-state index contributed by atoms with van der Waals surface area (Å²) in [6.45, 7) is 2.90. The highest BCUT2D eigenvalue weighted by molar-refractivity contribution is 6.06. The average molecular weight is 356 g/mol. The summed E-state index contributed by atoms with van der Waals surface area (Å²) in [5.41, 5.74) is 1.44. The summed E-state index contributed by atoms with van der Waals surface area (Å²) in [7, 11) is 0. The minimum atomic E-state index is -0.492. The van der Waals surface area contributed by atoms with Gasteiger partial charge in [-0.1, -0.05) is 18.2 Å². The molecular weight excluding hydrogens is 336 g/mol. The van der Waals surface area contributed by atoms with Gasteiger partial charge in [0.1, 0.15) is 12.4 Å². The number of anilines is 1. The predicted octanol–water partition coefficient (Wildman–Crippen LogP) is 3.71. The molecule has 7 heteroatoms. The molecule has 2 aromatic rings. The minimum Gasteiger partial charge on any atom is -0.490 e. The Kier molecular flexibility index (Phi) is 5.48. The molecule has 1 saturated heterocycles. The normalized spacial score (nSPS) is 16.3. The van der Waals surface area contributed by atoms with Crippen molar-refractivity contribution in [1.29, 1.82) is 0 Å². The first-order chi connectivity index (χ1) is 12.5. The number of carbonyl (C=O) groups is 1. The van der Waals surface area contributed by atoms with E-state index < -0.39 is 4.92 Å². The number of amides is 1. The number of ether oxygens (including phenoxy) is 2. The van der Waals surface area contributed by atoms with Crippen LogP contribution in [0.25, 0.3) is 0 Å². The molecular formula is C19H20N2O5. The van der Waals surface area contributed by atoms with Crippen molar-refractivity contribution in [2.75, 3.05) is 18.5 Å². The molecule has 1 N–H and O–H groups in total. The van der Waals surface area contributed by atoms with Crippen LogP contribution >= 0.6 is 0 Å². The van der Waals surface area contributed by atoms with Gasteiger partial charge in [0.2, 0.25) is 0 Å². The summed E-state index contributed by atoms with van der Waals surface area (Å²) in [4.78, 5) is 23.1. The second kappa shape index (κ2) is 7.97. The number of aryl methyl sites for hydroxylation is 1. The van der Waals surface area contributed by atoms with E-state index in [-0.39, 0.29) is 17.7 Å². The van der Waals surface area contributed by atoms with Gasteiger partial charge in [-0.2, -0.15) is 0 Å². The molecule has 7 nitrogen and oxygen atoms in total. The summed E-state index contributed by atoms with van der Waals surface area (Å²) >= 11 is 0. The third-order valence-corrected chi connectivity index (χ3v) is 4.26. The highest BCUT2D eigenvalue weighted by Crippen LogP contribution is 2.25. The number of nitro groups is 1. The Morgan fingerprint density at radius 3 is 2.88 bits per heavy atom. The topological polar surface area (TPSA) is 90.7 Å². The molecule has 0 radical (unpaired) electrons. The smallest absolute Gasteiger partial charge is 0.271 e. The van der Waals surface area contributed by atoms with Crippen molar-refractivity contribution in [3.05, 3.63) is 63.7 Å². The van der Waals surface area contributed by atoms with E-state index in [1.165, 1.54) is 12.1 Å². The lowest BCUT2D eigenvalue weighted by Crippen LogP contribution is -2.19. The summed E-state index contributed by atoms with van der Waals surface area (Å²) < 4.78 is 11.3. The molecule has 1 fully saturated rings. The molecule has 0 spiro atoms. The van der Waals surface area contributed by atoms with E-state index in [2.05, 4.69) is 5.32 Å². The zero-order valence-corrected chi connectivity index (χ0v) is 14.4. The molecule has 2 aromatic carbocycles. The quantitative estimate of drug-likeness (QED) is 0.629. The first kappa shape index (κ1) is 17.9. The number of nitro benzene ring substituents is 1. The van der Waals surface area contributed by atoms with Crippen molar-refractivity contribution in [1.82, 2.24) is 0 Å². The Bertz CT molecular complexity index is 815. The third kappa shape index (κ3) is 4.18. The van der Waals surface area contributed by atoms with Gasteiger partial charge >= 0.3 is 0 Å². The first-order valence-electron chi connectivity index (χ1n) is 8.44. The fraction of sp³-hybridized carbons (Fsp3) is 0.316. The molecule has 1 amide bonds.